The van der Waals surface area contributed by atoms with Crippen molar-refractivity contribution in [1.82, 2.24) is 5.43 Å². The number of phenolic OH excluding ortho intramolecular Hbond substituents is 1. The van der Waals surface area contributed by atoms with E-state index < -0.39 is 5.91 Å². The maximum absolute atomic E-state index is 10.9. The van der Waals surface area contributed by atoms with Crippen LogP contribution < -0.4 is 17.0 Å². The molecule has 0 bridgehead atoms. The zero-order chi connectivity index (χ0) is 9.14. The summed E-state index contributed by atoms with van der Waals surface area (Å²) in [4.78, 5) is 10.9. The molecule has 1 rings (SSSR count). The van der Waals surface area contributed by atoms with Gasteiger partial charge in [0.05, 0.1) is 5.69 Å². The number of hydrazine groups is 1. The van der Waals surface area contributed by atoms with Crippen molar-refractivity contribution < 1.29 is 9.90 Å². The highest BCUT2D eigenvalue weighted by Gasteiger charge is 2.05. The number of nitrogens with two attached hydrogens (primary N) is 2. The molecule has 0 radical (unpaired) electrons. The van der Waals surface area contributed by atoms with E-state index in [9.17, 15) is 4.79 Å². The van der Waals surface area contributed by atoms with Gasteiger partial charge in [0.25, 0.3) is 5.91 Å². The van der Waals surface area contributed by atoms with E-state index in [1.54, 1.807) is 0 Å². The van der Waals surface area contributed by atoms with E-state index >= 15 is 0 Å². The molecule has 0 unspecified atom stereocenters. The molecule has 0 spiro atoms. The largest absolute Gasteiger partial charge is 0.506 e. The third kappa shape index (κ3) is 1.46. The molecule has 5 heteroatoms. The van der Waals surface area contributed by atoms with E-state index in [2.05, 4.69) is 0 Å². The molecule has 64 valence electrons. The van der Waals surface area contributed by atoms with Gasteiger partial charge in [0.1, 0.15) is 5.75 Å². The summed E-state index contributed by atoms with van der Waals surface area (Å²) < 4.78 is 0. The lowest BCUT2D eigenvalue weighted by Crippen LogP contribution is -2.29. The summed E-state index contributed by atoms with van der Waals surface area (Å²) in [5.74, 6) is 4.28. The first-order chi connectivity index (χ1) is 5.65. The summed E-state index contributed by atoms with van der Waals surface area (Å²) in [7, 11) is 0. The normalized spacial score (nSPS) is 9.42. The standard InChI is InChI=1S/C7H9N3O2/c8-5-2-1-4(3-6(5)11)7(12)10-9/h1-3,11H,8-9H2,(H,10,12). The minimum absolute atomic E-state index is 0.129. The van der Waals surface area contributed by atoms with Crippen LogP contribution in [-0.4, -0.2) is 11.0 Å². The van der Waals surface area contributed by atoms with Gasteiger partial charge in [-0.2, -0.15) is 0 Å². The number of hydrogen-bond acceptors (Lipinski definition) is 4. The van der Waals surface area contributed by atoms with Crippen molar-refractivity contribution in [1.29, 1.82) is 0 Å². The lowest BCUT2D eigenvalue weighted by Gasteiger charge is -2.01. The zero-order valence-corrected chi connectivity index (χ0v) is 6.24. The van der Waals surface area contributed by atoms with Crippen molar-refractivity contribution in [3.63, 3.8) is 0 Å². The highest BCUT2D eigenvalue weighted by molar-refractivity contribution is 5.94. The van der Waals surface area contributed by atoms with Crippen LogP contribution in [0.1, 0.15) is 10.4 Å². The maximum Gasteiger partial charge on any atom is 0.265 e. The average molecular weight is 167 g/mol. The number of amides is 1. The molecule has 0 aliphatic heterocycles. The zero-order valence-electron chi connectivity index (χ0n) is 6.24. The van der Waals surface area contributed by atoms with Crippen molar-refractivity contribution in [3.8, 4) is 5.75 Å². The van der Waals surface area contributed by atoms with Gasteiger partial charge in [-0.25, -0.2) is 5.84 Å². The second-order valence-electron chi connectivity index (χ2n) is 2.25. The summed E-state index contributed by atoms with van der Waals surface area (Å²) in [6.45, 7) is 0. The van der Waals surface area contributed by atoms with Crippen LogP contribution in [0.15, 0.2) is 18.2 Å². The topological polar surface area (TPSA) is 101 Å². The van der Waals surface area contributed by atoms with E-state index in [4.69, 9.17) is 16.7 Å². The van der Waals surface area contributed by atoms with Gasteiger partial charge < -0.3 is 10.8 Å². The molecule has 0 saturated carbocycles. The molecule has 1 aromatic rings. The van der Waals surface area contributed by atoms with Gasteiger partial charge in [0, 0.05) is 5.56 Å². The third-order valence-electron chi connectivity index (χ3n) is 1.42. The molecule has 1 aromatic carbocycles. The number of nitrogens with one attached hydrogen (secondary N) is 1. The molecular weight excluding hydrogens is 158 g/mol. The van der Waals surface area contributed by atoms with Gasteiger partial charge in [0.2, 0.25) is 0 Å². The summed E-state index contributed by atoms with van der Waals surface area (Å²) in [5.41, 5.74) is 7.75. The molecule has 0 aliphatic rings. The predicted molar refractivity (Wildman–Crippen MR) is 44.2 cm³/mol. The Hall–Kier alpha value is -1.75. The van der Waals surface area contributed by atoms with E-state index in [-0.39, 0.29) is 17.0 Å². The number of hydrogen-bond donors (Lipinski definition) is 4. The van der Waals surface area contributed by atoms with Crippen LogP contribution in [0.25, 0.3) is 0 Å². The van der Waals surface area contributed by atoms with Crippen LogP contribution in [0.2, 0.25) is 0 Å². The van der Waals surface area contributed by atoms with Crippen LogP contribution in [0, 0.1) is 0 Å². The molecule has 0 aliphatic carbocycles. The van der Waals surface area contributed by atoms with Crippen LogP contribution >= 0.6 is 0 Å². The number of carbonyl (C=O) groups is 1. The minimum atomic E-state index is -0.467. The summed E-state index contributed by atoms with van der Waals surface area (Å²) >= 11 is 0. The van der Waals surface area contributed by atoms with Crippen molar-refractivity contribution in [2.24, 2.45) is 5.84 Å². The number of phenols is 1. The molecule has 12 heavy (non-hydrogen) atoms. The van der Waals surface area contributed by atoms with Gasteiger partial charge in [-0.15, -0.1) is 0 Å². The Labute approximate surface area is 69.0 Å². The minimum Gasteiger partial charge on any atom is -0.506 e. The quantitative estimate of drug-likeness (QED) is 0.150. The van der Waals surface area contributed by atoms with Crippen molar-refractivity contribution in [2.45, 2.75) is 0 Å². The smallest absolute Gasteiger partial charge is 0.265 e. The molecule has 0 heterocycles. The SMILES string of the molecule is NNC(=O)c1ccc(N)c(O)c1. The monoisotopic (exact) mass is 167 g/mol. The molecule has 0 saturated heterocycles. The van der Waals surface area contributed by atoms with Crippen LogP contribution in [0.5, 0.6) is 5.75 Å². The molecule has 6 N–H and O–H groups in total. The summed E-state index contributed by atoms with van der Waals surface area (Å²) in [6.07, 6.45) is 0. The van der Waals surface area contributed by atoms with E-state index in [1.807, 2.05) is 5.43 Å². The van der Waals surface area contributed by atoms with Crippen molar-refractivity contribution in [3.05, 3.63) is 23.8 Å². The van der Waals surface area contributed by atoms with Gasteiger partial charge in [-0.3, -0.25) is 10.2 Å². The molecule has 1 amide bonds. The number of nitrogen functional groups attached to an aromatic ring is 2. The predicted octanol–water partition coefficient (Wildman–Crippen LogP) is -0.422. The van der Waals surface area contributed by atoms with E-state index in [0.717, 1.165) is 0 Å². The summed E-state index contributed by atoms with van der Waals surface area (Å²) in [5, 5.41) is 9.10. The highest BCUT2D eigenvalue weighted by Crippen LogP contribution is 2.20. The number of rotatable bonds is 1. The Bertz CT molecular complexity index is 312. The first-order valence-electron chi connectivity index (χ1n) is 3.24. The second kappa shape index (κ2) is 3.10. The van der Waals surface area contributed by atoms with Gasteiger partial charge in [-0.1, -0.05) is 0 Å². The van der Waals surface area contributed by atoms with E-state index in [0.29, 0.717) is 0 Å². The van der Waals surface area contributed by atoms with Crippen molar-refractivity contribution >= 4 is 11.6 Å². The first-order valence-corrected chi connectivity index (χ1v) is 3.24. The van der Waals surface area contributed by atoms with E-state index in [1.165, 1.54) is 18.2 Å². The lowest BCUT2D eigenvalue weighted by atomic mass is 10.2. The molecular formula is C7H9N3O2. The Balaban J connectivity index is 3.05. The molecule has 0 atom stereocenters. The van der Waals surface area contributed by atoms with Gasteiger partial charge in [-0.05, 0) is 18.2 Å². The number of benzene rings is 1. The molecule has 0 aromatic heterocycles. The van der Waals surface area contributed by atoms with Crippen LogP contribution in [0.3, 0.4) is 0 Å². The number of carbonyl (C=O) groups excluding carboxylic acids is 1. The highest BCUT2D eigenvalue weighted by atomic mass is 16.3. The Morgan fingerprint density at radius 1 is 1.50 bits per heavy atom. The summed E-state index contributed by atoms with van der Waals surface area (Å²) in [6, 6.07) is 4.15. The van der Waals surface area contributed by atoms with Crippen molar-refractivity contribution in [2.75, 3.05) is 5.73 Å². The fourth-order valence-corrected chi connectivity index (χ4v) is 0.768. The second-order valence-corrected chi connectivity index (χ2v) is 2.25. The van der Waals surface area contributed by atoms with Gasteiger partial charge in [0.15, 0.2) is 0 Å². The Morgan fingerprint density at radius 3 is 2.67 bits per heavy atom. The molecule has 5 nitrogen and oxygen atoms in total. The number of aromatic hydroxyl groups is 1. The maximum atomic E-state index is 10.9. The van der Waals surface area contributed by atoms with Gasteiger partial charge >= 0.3 is 0 Å². The number of anilines is 1. The Morgan fingerprint density at radius 2 is 2.17 bits per heavy atom. The van der Waals surface area contributed by atoms with Crippen LogP contribution in [-0.2, 0) is 0 Å². The fraction of sp³-hybridized carbons (Fsp3) is 0. The third-order valence-corrected chi connectivity index (χ3v) is 1.42. The first kappa shape index (κ1) is 8.35. The van der Waals surface area contributed by atoms with Crippen LogP contribution in [0.4, 0.5) is 5.69 Å². The molecule has 0 fully saturated rings. The lowest BCUT2D eigenvalue weighted by molar-refractivity contribution is 0.0953. The fourth-order valence-electron chi connectivity index (χ4n) is 0.768. The average Bonchev–Trinajstić information content (AvgIpc) is 2.08. The Kier molecular flexibility index (Phi) is 2.16.